The van der Waals surface area contributed by atoms with Crippen molar-refractivity contribution < 1.29 is 30.7 Å². The summed E-state index contributed by atoms with van der Waals surface area (Å²) in [7, 11) is 0. The summed E-state index contributed by atoms with van der Waals surface area (Å²) in [5, 5.41) is 0. The van der Waals surface area contributed by atoms with Gasteiger partial charge in [0.15, 0.2) is 0 Å². The molecule has 3 rings (SSSR count). The van der Waals surface area contributed by atoms with Crippen molar-refractivity contribution >= 4 is 0 Å². The van der Waals surface area contributed by atoms with Gasteiger partial charge in [-0.2, -0.15) is 13.2 Å². The number of hydrogen-bond acceptors (Lipinski definition) is 0. The Morgan fingerprint density at radius 2 is 1.31 bits per heavy atom. The van der Waals surface area contributed by atoms with E-state index in [1.165, 1.54) is 12.1 Å². The Morgan fingerprint density at radius 1 is 0.771 bits per heavy atom. The van der Waals surface area contributed by atoms with Crippen LogP contribution in [0.4, 0.5) is 30.7 Å². The van der Waals surface area contributed by atoms with Gasteiger partial charge in [0.05, 0.1) is 12.2 Å². The molecule has 0 aromatic heterocycles. The molecule has 1 atom stereocenters. The third-order valence-electron chi connectivity index (χ3n) is 7.16. The van der Waals surface area contributed by atoms with E-state index in [-0.39, 0.29) is 23.7 Å². The first-order valence-electron chi connectivity index (χ1n) is 12.6. The molecule has 0 bridgehead atoms. The van der Waals surface area contributed by atoms with Crippen molar-refractivity contribution in [2.75, 3.05) is 6.67 Å². The van der Waals surface area contributed by atoms with Crippen LogP contribution in [-0.4, -0.2) is 12.9 Å². The third kappa shape index (κ3) is 7.71. The molecule has 1 aliphatic carbocycles. The van der Waals surface area contributed by atoms with Crippen LogP contribution in [0.3, 0.4) is 0 Å². The molecule has 1 aliphatic rings. The maximum absolute atomic E-state index is 14.9. The molecule has 0 aliphatic heterocycles. The van der Waals surface area contributed by atoms with E-state index in [4.69, 9.17) is 0 Å². The monoisotopic (exact) mass is 502 g/mol. The fourth-order valence-corrected chi connectivity index (χ4v) is 5.13. The fraction of sp³-hybridized carbons (Fsp3) is 0.571. The number of hydrogen-bond donors (Lipinski definition) is 0. The minimum Gasteiger partial charge on any atom is -0.251 e. The van der Waals surface area contributed by atoms with Crippen LogP contribution in [0.25, 0.3) is 11.1 Å². The molecule has 1 saturated carbocycles. The molecule has 0 radical (unpaired) electrons. The highest BCUT2D eigenvalue weighted by Gasteiger charge is 2.41. The number of unbranched alkanes of at least 4 members (excludes halogenated alkanes) is 5. The van der Waals surface area contributed by atoms with Crippen LogP contribution in [0, 0.1) is 17.6 Å². The van der Waals surface area contributed by atoms with Gasteiger partial charge in [-0.05, 0) is 72.8 Å². The van der Waals surface area contributed by atoms with Crippen molar-refractivity contribution in [3.8, 4) is 11.1 Å². The van der Waals surface area contributed by atoms with Crippen LogP contribution in [0.2, 0.25) is 0 Å². The van der Waals surface area contributed by atoms with Gasteiger partial charge < -0.3 is 0 Å². The molecular formula is C28H33F7. The average Bonchev–Trinajstić information content (AvgIpc) is 2.83. The molecule has 194 valence electrons. The number of benzene rings is 2. The number of rotatable bonds is 11. The van der Waals surface area contributed by atoms with Crippen LogP contribution in [0.1, 0.15) is 93.8 Å². The molecule has 35 heavy (non-hydrogen) atoms. The molecule has 7 heteroatoms. The molecule has 1 unspecified atom stereocenters. The van der Waals surface area contributed by atoms with E-state index in [0.717, 1.165) is 88.5 Å². The highest BCUT2D eigenvalue weighted by atomic mass is 19.4. The van der Waals surface area contributed by atoms with Crippen molar-refractivity contribution in [3.63, 3.8) is 0 Å². The third-order valence-corrected chi connectivity index (χ3v) is 7.16. The summed E-state index contributed by atoms with van der Waals surface area (Å²) in [5.41, 5.74) is -0.249. The molecule has 1 fully saturated rings. The summed E-state index contributed by atoms with van der Waals surface area (Å²) in [6, 6.07) is 6.68. The summed E-state index contributed by atoms with van der Waals surface area (Å²) in [6.07, 6.45) is 2.89. The van der Waals surface area contributed by atoms with Crippen molar-refractivity contribution in [2.45, 2.75) is 88.9 Å². The lowest BCUT2D eigenvalue weighted by atomic mass is 9.76. The Balaban J connectivity index is 1.55. The fourth-order valence-electron chi connectivity index (χ4n) is 5.13. The molecule has 0 nitrogen and oxygen atoms in total. The van der Waals surface area contributed by atoms with Crippen molar-refractivity contribution in [3.05, 3.63) is 59.2 Å². The van der Waals surface area contributed by atoms with Gasteiger partial charge >= 0.3 is 6.18 Å². The van der Waals surface area contributed by atoms with Gasteiger partial charge in [0.1, 0.15) is 11.6 Å². The minimum atomic E-state index is -5.03. The molecule has 2 aromatic rings. The van der Waals surface area contributed by atoms with Gasteiger partial charge in [0, 0.05) is 0 Å². The van der Waals surface area contributed by atoms with Crippen LogP contribution < -0.4 is 0 Å². The van der Waals surface area contributed by atoms with E-state index in [1.54, 1.807) is 0 Å². The zero-order chi connectivity index (χ0) is 25.4. The Labute approximate surface area is 202 Å². The SMILES string of the molecule is FCCCCCCCCC1CCC(c2cc(F)c(-c3ccc(C(F)C(F)(F)F)cc3)c(F)c2)CC1. The van der Waals surface area contributed by atoms with Gasteiger partial charge in [-0.1, -0.05) is 62.8 Å². The van der Waals surface area contributed by atoms with Gasteiger partial charge in [-0.3, -0.25) is 4.39 Å². The Morgan fingerprint density at radius 3 is 1.86 bits per heavy atom. The molecule has 0 spiro atoms. The highest BCUT2D eigenvalue weighted by Crippen LogP contribution is 2.40. The predicted octanol–water partition coefficient (Wildman–Crippen LogP) is 10.2. The normalized spacial score (nSPS) is 19.6. The lowest BCUT2D eigenvalue weighted by Crippen LogP contribution is -2.16. The van der Waals surface area contributed by atoms with Gasteiger partial charge in [-0.15, -0.1) is 0 Å². The molecule has 0 heterocycles. The molecule has 0 N–H and O–H groups in total. The van der Waals surface area contributed by atoms with Crippen LogP contribution in [0.15, 0.2) is 36.4 Å². The van der Waals surface area contributed by atoms with E-state index in [9.17, 15) is 30.7 Å². The van der Waals surface area contributed by atoms with Gasteiger partial charge in [-0.25, -0.2) is 13.2 Å². The Kier molecular flexibility index (Phi) is 10.0. The van der Waals surface area contributed by atoms with Crippen molar-refractivity contribution in [1.82, 2.24) is 0 Å². The van der Waals surface area contributed by atoms with E-state index in [2.05, 4.69) is 0 Å². The maximum Gasteiger partial charge on any atom is 0.423 e. The zero-order valence-electron chi connectivity index (χ0n) is 19.8. The maximum atomic E-state index is 14.9. The summed E-state index contributed by atoms with van der Waals surface area (Å²) >= 11 is 0. The molecule has 2 aromatic carbocycles. The quantitative estimate of drug-likeness (QED) is 0.212. The van der Waals surface area contributed by atoms with Crippen molar-refractivity contribution in [2.24, 2.45) is 5.92 Å². The molecule has 0 amide bonds. The van der Waals surface area contributed by atoms with Crippen molar-refractivity contribution in [1.29, 1.82) is 0 Å². The first-order chi connectivity index (χ1) is 16.7. The van der Waals surface area contributed by atoms with E-state index in [0.29, 0.717) is 17.9 Å². The smallest absolute Gasteiger partial charge is 0.251 e. The highest BCUT2D eigenvalue weighted by molar-refractivity contribution is 5.66. The second-order valence-electron chi connectivity index (χ2n) is 9.70. The van der Waals surface area contributed by atoms with E-state index < -0.39 is 29.5 Å². The van der Waals surface area contributed by atoms with E-state index >= 15 is 0 Å². The predicted molar refractivity (Wildman–Crippen MR) is 125 cm³/mol. The Bertz CT molecular complexity index is 889. The lowest BCUT2D eigenvalue weighted by molar-refractivity contribution is -0.182. The topological polar surface area (TPSA) is 0 Å². The van der Waals surface area contributed by atoms with E-state index in [1.807, 2.05) is 0 Å². The summed E-state index contributed by atoms with van der Waals surface area (Å²) < 4.78 is 93.0. The summed E-state index contributed by atoms with van der Waals surface area (Å²) in [5.74, 6) is -0.836. The second-order valence-corrected chi connectivity index (χ2v) is 9.70. The zero-order valence-corrected chi connectivity index (χ0v) is 19.8. The minimum absolute atomic E-state index is 0.0677. The largest absolute Gasteiger partial charge is 0.423 e. The lowest BCUT2D eigenvalue weighted by Gasteiger charge is -2.29. The second kappa shape index (κ2) is 12.8. The van der Waals surface area contributed by atoms with Crippen LogP contribution in [0.5, 0.6) is 0 Å². The van der Waals surface area contributed by atoms with Crippen LogP contribution in [-0.2, 0) is 0 Å². The van der Waals surface area contributed by atoms with Crippen LogP contribution >= 0.6 is 0 Å². The summed E-state index contributed by atoms with van der Waals surface area (Å²) in [4.78, 5) is 0. The Hall–Kier alpha value is -2.05. The molecular weight excluding hydrogens is 469 g/mol. The standard InChI is InChI=1S/C28H33F7/c29-16-6-4-2-1-3-5-7-19-8-10-20(11-9-19)23-17-24(30)26(25(31)18-23)21-12-14-22(15-13-21)27(32)28(33,34)35/h12-15,17-20,27H,1-11,16H2. The summed E-state index contributed by atoms with van der Waals surface area (Å²) in [6.45, 7) is -0.237. The first kappa shape index (κ1) is 27.5. The molecule has 0 saturated heterocycles. The average molecular weight is 503 g/mol. The number of halogens is 7. The first-order valence-corrected chi connectivity index (χ1v) is 12.6. The van der Waals surface area contributed by atoms with Gasteiger partial charge in [0.25, 0.3) is 0 Å². The van der Waals surface area contributed by atoms with Gasteiger partial charge in [0.2, 0.25) is 6.17 Å². The number of alkyl halides is 5.